The number of nitrogens with one attached hydrogen (secondary N) is 1. The van der Waals surface area contributed by atoms with Crippen molar-refractivity contribution in [3.8, 4) is 0 Å². The second-order valence-corrected chi connectivity index (χ2v) is 4.09. The minimum atomic E-state index is 0.673. The normalized spacial score (nSPS) is 18.4. The summed E-state index contributed by atoms with van der Waals surface area (Å²) in [5, 5.41) is 11.5. The molecule has 1 aliphatic carbocycles. The first-order valence-corrected chi connectivity index (χ1v) is 5.37. The lowest BCUT2D eigenvalue weighted by Gasteiger charge is -2.15. The van der Waals surface area contributed by atoms with Crippen LogP contribution in [-0.2, 0) is 13.6 Å². The third-order valence-corrected chi connectivity index (χ3v) is 2.96. The Balaban J connectivity index is 1.83. The van der Waals surface area contributed by atoms with E-state index in [1.165, 1.54) is 19.3 Å². The number of hydrogen-bond donors (Lipinski definition) is 1. The van der Waals surface area contributed by atoms with Crippen LogP contribution in [0.2, 0.25) is 0 Å². The van der Waals surface area contributed by atoms with E-state index in [1.54, 1.807) is 6.33 Å². The number of rotatable bonds is 5. The number of hydrogen-bond acceptors (Lipinski definition) is 3. The summed E-state index contributed by atoms with van der Waals surface area (Å²) in [6, 6.07) is 0.673. The van der Waals surface area contributed by atoms with Gasteiger partial charge in [0.25, 0.3) is 0 Å². The van der Waals surface area contributed by atoms with Gasteiger partial charge in [0.15, 0.2) is 0 Å². The Morgan fingerprint density at radius 2 is 2.43 bits per heavy atom. The Morgan fingerprint density at radius 1 is 1.64 bits per heavy atom. The van der Waals surface area contributed by atoms with Crippen LogP contribution in [0.1, 0.15) is 32.0 Å². The van der Waals surface area contributed by atoms with Crippen molar-refractivity contribution in [3.63, 3.8) is 0 Å². The molecule has 78 valence electrons. The SMILES string of the molecule is CCC(NCc1nncn1C)C1CC1. The number of aromatic nitrogens is 3. The summed E-state index contributed by atoms with van der Waals surface area (Å²) >= 11 is 0. The minimum Gasteiger partial charge on any atom is -0.320 e. The van der Waals surface area contributed by atoms with Gasteiger partial charge in [0.05, 0.1) is 6.54 Å². The quantitative estimate of drug-likeness (QED) is 0.763. The van der Waals surface area contributed by atoms with Crippen LogP contribution in [0.3, 0.4) is 0 Å². The molecular formula is C10H18N4. The monoisotopic (exact) mass is 194 g/mol. The van der Waals surface area contributed by atoms with E-state index in [0.29, 0.717) is 6.04 Å². The van der Waals surface area contributed by atoms with Crippen LogP contribution in [0.25, 0.3) is 0 Å². The maximum atomic E-state index is 4.05. The standard InChI is InChI=1S/C10H18N4/c1-3-9(8-4-5-8)11-6-10-13-12-7-14(10)2/h7-9,11H,3-6H2,1-2H3. The van der Waals surface area contributed by atoms with Gasteiger partial charge in [-0.1, -0.05) is 6.92 Å². The van der Waals surface area contributed by atoms with Gasteiger partial charge < -0.3 is 9.88 Å². The fourth-order valence-electron chi connectivity index (χ4n) is 1.83. The van der Waals surface area contributed by atoms with Gasteiger partial charge in [0.1, 0.15) is 12.2 Å². The predicted molar refractivity (Wildman–Crippen MR) is 54.6 cm³/mol. The highest BCUT2D eigenvalue weighted by atomic mass is 15.3. The van der Waals surface area contributed by atoms with E-state index in [9.17, 15) is 0 Å². The third-order valence-electron chi connectivity index (χ3n) is 2.96. The highest BCUT2D eigenvalue weighted by Gasteiger charge is 2.29. The van der Waals surface area contributed by atoms with Crippen molar-refractivity contribution in [1.82, 2.24) is 20.1 Å². The van der Waals surface area contributed by atoms with Crippen LogP contribution in [0, 0.1) is 5.92 Å². The van der Waals surface area contributed by atoms with Crippen LogP contribution < -0.4 is 5.32 Å². The van der Waals surface area contributed by atoms with Gasteiger partial charge in [0.2, 0.25) is 0 Å². The first kappa shape index (κ1) is 9.65. The van der Waals surface area contributed by atoms with Crippen molar-refractivity contribution in [2.75, 3.05) is 0 Å². The molecule has 0 bridgehead atoms. The lowest BCUT2D eigenvalue weighted by atomic mass is 10.1. The van der Waals surface area contributed by atoms with Gasteiger partial charge in [-0.2, -0.15) is 0 Å². The molecule has 1 aromatic heterocycles. The summed E-state index contributed by atoms with van der Waals surface area (Å²) in [6.07, 6.45) is 5.74. The molecule has 1 aromatic rings. The van der Waals surface area contributed by atoms with E-state index < -0.39 is 0 Å². The first-order chi connectivity index (χ1) is 6.81. The maximum absolute atomic E-state index is 4.05. The Labute approximate surface area is 84.7 Å². The van der Waals surface area contributed by atoms with Crippen molar-refractivity contribution >= 4 is 0 Å². The highest BCUT2D eigenvalue weighted by molar-refractivity contribution is 4.89. The van der Waals surface area contributed by atoms with Gasteiger partial charge >= 0.3 is 0 Å². The van der Waals surface area contributed by atoms with Crippen molar-refractivity contribution in [3.05, 3.63) is 12.2 Å². The van der Waals surface area contributed by atoms with Gasteiger partial charge in [-0.25, -0.2) is 0 Å². The molecule has 1 unspecified atom stereocenters. The summed E-state index contributed by atoms with van der Waals surface area (Å²) in [5.41, 5.74) is 0. The summed E-state index contributed by atoms with van der Waals surface area (Å²) in [6.45, 7) is 3.08. The zero-order valence-corrected chi connectivity index (χ0v) is 8.90. The molecule has 0 aliphatic heterocycles. The Bertz CT molecular complexity index is 290. The second kappa shape index (κ2) is 4.09. The van der Waals surface area contributed by atoms with Crippen LogP contribution >= 0.6 is 0 Å². The lowest BCUT2D eigenvalue weighted by molar-refractivity contribution is 0.439. The zero-order valence-electron chi connectivity index (χ0n) is 8.90. The molecule has 1 aliphatic rings. The fraction of sp³-hybridized carbons (Fsp3) is 0.800. The Morgan fingerprint density at radius 3 is 2.93 bits per heavy atom. The Kier molecular flexibility index (Phi) is 2.82. The second-order valence-electron chi connectivity index (χ2n) is 4.09. The number of aryl methyl sites for hydroxylation is 1. The molecule has 2 rings (SSSR count). The van der Waals surface area contributed by atoms with Gasteiger partial charge in [0, 0.05) is 13.1 Å². The largest absolute Gasteiger partial charge is 0.320 e. The van der Waals surface area contributed by atoms with Crippen LogP contribution in [0.15, 0.2) is 6.33 Å². The molecule has 1 saturated carbocycles. The molecule has 0 aromatic carbocycles. The first-order valence-electron chi connectivity index (χ1n) is 5.37. The maximum Gasteiger partial charge on any atom is 0.146 e. The van der Waals surface area contributed by atoms with E-state index in [2.05, 4.69) is 22.4 Å². The van der Waals surface area contributed by atoms with Crippen LogP contribution in [0.4, 0.5) is 0 Å². The molecule has 1 N–H and O–H groups in total. The van der Waals surface area contributed by atoms with E-state index in [-0.39, 0.29) is 0 Å². The van der Waals surface area contributed by atoms with E-state index in [1.807, 2.05) is 11.6 Å². The van der Waals surface area contributed by atoms with E-state index in [4.69, 9.17) is 0 Å². The number of nitrogens with zero attached hydrogens (tertiary/aromatic N) is 3. The molecule has 0 amide bonds. The Hall–Kier alpha value is -0.900. The van der Waals surface area contributed by atoms with Gasteiger partial charge in [-0.15, -0.1) is 10.2 Å². The zero-order chi connectivity index (χ0) is 9.97. The lowest BCUT2D eigenvalue weighted by Crippen LogP contribution is -2.30. The molecule has 0 spiro atoms. The molecule has 0 saturated heterocycles. The van der Waals surface area contributed by atoms with Crippen molar-refractivity contribution in [2.45, 2.75) is 38.8 Å². The molecule has 1 heterocycles. The molecule has 0 radical (unpaired) electrons. The fourth-order valence-corrected chi connectivity index (χ4v) is 1.83. The van der Waals surface area contributed by atoms with Crippen molar-refractivity contribution in [2.24, 2.45) is 13.0 Å². The molecular weight excluding hydrogens is 176 g/mol. The van der Waals surface area contributed by atoms with Crippen LogP contribution in [-0.4, -0.2) is 20.8 Å². The summed E-state index contributed by atoms with van der Waals surface area (Å²) < 4.78 is 1.96. The summed E-state index contributed by atoms with van der Waals surface area (Å²) in [4.78, 5) is 0. The molecule has 4 heteroatoms. The van der Waals surface area contributed by atoms with Gasteiger partial charge in [-0.05, 0) is 25.2 Å². The third kappa shape index (κ3) is 2.12. The predicted octanol–water partition coefficient (Wildman–Crippen LogP) is 1.09. The van der Waals surface area contributed by atoms with Crippen molar-refractivity contribution in [1.29, 1.82) is 0 Å². The van der Waals surface area contributed by atoms with Gasteiger partial charge in [-0.3, -0.25) is 0 Å². The average molecular weight is 194 g/mol. The summed E-state index contributed by atoms with van der Waals surface area (Å²) in [5.74, 6) is 1.93. The topological polar surface area (TPSA) is 42.7 Å². The average Bonchev–Trinajstić information content (AvgIpc) is 2.93. The smallest absolute Gasteiger partial charge is 0.146 e. The molecule has 14 heavy (non-hydrogen) atoms. The minimum absolute atomic E-state index is 0.673. The highest BCUT2D eigenvalue weighted by Crippen LogP contribution is 2.33. The molecule has 1 fully saturated rings. The van der Waals surface area contributed by atoms with Crippen LogP contribution in [0.5, 0.6) is 0 Å². The molecule has 1 atom stereocenters. The van der Waals surface area contributed by atoms with Crippen molar-refractivity contribution < 1.29 is 0 Å². The molecule has 4 nitrogen and oxygen atoms in total. The summed E-state index contributed by atoms with van der Waals surface area (Å²) in [7, 11) is 1.98. The van der Waals surface area contributed by atoms with E-state index in [0.717, 1.165) is 18.3 Å². The van der Waals surface area contributed by atoms with E-state index >= 15 is 0 Å².